The molecule has 6 nitrogen and oxygen atoms in total. The summed E-state index contributed by atoms with van der Waals surface area (Å²) in [7, 11) is -7.26. The van der Waals surface area contributed by atoms with E-state index in [1.54, 1.807) is 0 Å². The predicted molar refractivity (Wildman–Crippen MR) is 62.2 cm³/mol. The fraction of sp³-hybridized carbons (Fsp3) is 1.00. The topological polar surface area (TPSA) is 92.3 Å². The minimum atomic E-state index is -3.74. The minimum Gasteiger partial charge on any atom is -0.315 e. The van der Waals surface area contributed by atoms with Crippen molar-refractivity contribution in [2.45, 2.75) is 19.4 Å². The van der Waals surface area contributed by atoms with Gasteiger partial charge in [-0.05, 0) is 18.9 Å². The monoisotopic (exact) mass is 270 g/mol. The van der Waals surface area contributed by atoms with Crippen LogP contribution in [0.5, 0.6) is 0 Å². The quantitative estimate of drug-likeness (QED) is 0.677. The molecule has 1 fully saturated rings. The molecule has 1 aliphatic heterocycles. The zero-order valence-electron chi connectivity index (χ0n) is 9.43. The third-order valence-corrected chi connectivity index (χ3v) is 5.93. The first kappa shape index (κ1) is 13.9. The first-order chi connectivity index (χ1) is 7.18. The molecule has 0 aromatic carbocycles. The molecule has 1 rings (SSSR count). The van der Waals surface area contributed by atoms with Gasteiger partial charge < -0.3 is 5.32 Å². The molecule has 0 aromatic rings. The highest BCUT2D eigenvalue weighted by molar-refractivity contribution is 8.06. The van der Waals surface area contributed by atoms with Crippen molar-refractivity contribution >= 4 is 19.9 Å². The molecule has 0 saturated carbocycles. The summed E-state index contributed by atoms with van der Waals surface area (Å²) in [5, 5.41) is 2.25. The lowest BCUT2D eigenvalue weighted by atomic mass is 9.99. The molecule has 96 valence electrons. The molecule has 2 N–H and O–H groups in total. The molecule has 0 radical (unpaired) electrons. The first-order valence-electron chi connectivity index (χ1n) is 5.06. The Morgan fingerprint density at radius 1 is 1.25 bits per heavy atom. The van der Waals surface area contributed by atoms with Crippen LogP contribution >= 0.6 is 0 Å². The SMILES string of the molecule is CC1CNCC(NS(=O)(=O)CS(C)(=O)=O)C1. The normalized spacial score (nSPS) is 27.9. The van der Waals surface area contributed by atoms with E-state index in [-0.39, 0.29) is 6.04 Å². The fourth-order valence-corrected chi connectivity index (χ4v) is 5.03. The summed E-state index contributed by atoms with van der Waals surface area (Å²) in [5.41, 5.74) is 0. The standard InChI is InChI=1S/C8H18N2O4S2/c1-7-3-8(5-9-4-7)10-16(13,14)6-15(2,11)12/h7-10H,3-6H2,1-2H3. The van der Waals surface area contributed by atoms with Gasteiger partial charge in [-0.15, -0.1) is 0 Å². The van der Waals surface area contributed by atoms with Crippen LogP contribution in [0.2, 0.25) is 0 Å². The average molecular weight is 270 g/mol. The Morgan fingerprint density at radius 3 is 2.38 bits per heavy atom. The fourth-order valence-electron chi connectivity index (χ4n) is 1.82. The third-order valence-electron chi connectivity index (χ3n) is 2.29. The zero-order valence-corrected chi connectivity index (χ0v) is 11.1. The molecule has 0 aromatic heterocycles. The van der Waals surface area contributed by atoms with E-state index in [1.165, 1.54) is 0 Å². The Balaban J connectivity index is 2.59. The zero-order chi connectivity index (χ0) is 12.4. The molecule has 0 bridgehead atoms. The molecule has 1 aliphatic rings. The van der Waals surface area contributed by atoms with Crippen LogP contribution < -0.4 is 10.0 Å². The molecule has 2 atom stereocenters. The van der Waals surface area contributed by atoms with Gasteiger partial charge in [0, 0.05) is 18.8 Å². The second-order valence-corrected chi connectivity index (χ2v) is 8.73. The molecule has 16 heavy (non-hydrogen) atoms. The molecular weight excluding hydrogens is 252 g/mol. The summed E-state index contributed by atoms with van der Waals surface area (Å²) in [6.45, 7) is 3.43. The van der Waals surface area contributed by atoms with Crippen molar-refractivity contribution in [1.29, 1.82) is 0 Å². The van der Waals surface area contributed by atoms with Gasteiger partial charge in [0.15, 0.2) is 14.9 Å². The number of rotatable bonds is 4. The van der Waals surface area contributed by atoms with Crippen LogP contribution in [0, 0.1) is 5.92 Å². The molecule has 0 spiro atoms. The van der Waals surface area contributed by atoms with E-state index in [2.05, 4.69) is 10.0 Å². The Labute approximate surface area is 96.8 Å². The number of hydrogen-bond donors (Lipinski definition) is 2. The largest absolute Gasteiger partial charge is 0.315 e. The molecule has 1 heterocycles. The predicted octanol–water partition coefficient (Wildman–Crippen LogP) is -1.09. The van der Waals surface area contributed by atoms with Crippen LogP contribution in [0.15, 0.2) is 0 Å². The van der Waals surface area contributed by atoms with E-state index < -0.39 is 24.9 Å². The summed E-state index contributed by atoms with van der Waals surface area (Å²) in [6, 6.07) is -0.213. The van der Waals surface area contributed by atoms with E-state index in [1.807, 2.05) is 6.92 Å². The molecule has 0 aliphatic carbocycles. The van der Waals surface area contributed by atoms with Crippen LogP contribution in [0.4, 0.5) is 0 Å². The maximum atomic E-state index is 11.5. The van der Waals surface area contributed by atoms with Crippen molar-refractivity contribution in [1.82, 2.24) is 10.0 Å². The van der Waals surface area contributed by atoms with Crippen LogP contribution in [-0.2, 0) is 19.9 Å². The van der Waals surface area contributed by atoms with Crippen molar-refractivity contribution in [3.63, 3.8) is 0 Å². The van der Waals surface area contributed by atoms with E-state index in [0.29, 0.717) is 12.5 Å². The smallest absolute Gasteiger partial charge is 0.226 e. The van der Waals surface area contributed by atoms with E-state index in [0.717, 1.165) is 19.2 Å². The summed E-state index contributed by atoms with van der Waals surface area (Å²) in [4.78, 5) is 0. The molecule has 0 amide bonds. The van der Waals surface area contributed by atoms with Crippen LogP contribution in [0.25, 0.3) is 0 Å². The lowest BCUT2D eigenvalue weighted by Gasteiger charge is -2.28. The van der Waals surface area contributed by atoms with Crippen LogP contribution in [-0.4, -0.2) is 47.3 Å². The summed E-state index contributed by atoms with van der Waals surface area (Å²) < 4.78 is 47.3. The van der Waals surface area contributed by atoms with Gasteiger partial charge in [0.05, 0.1) is 0 Å². The van der Waals surface area contributed by atoms with Gasteiger partial charge in [0.25, 0.3) is 0 Å². The van der Waals surface area contributed by atoms with Gasteiger partial charge in [-0.25, -0.2) is 21.6 Å². The van der Waals surface area contributed by atoms with Gasteiger partial charge in [0.1, 0.15) is 0 Å². The highest BCUT2D eigenvalue weighted by atomic mass is 32.3. The van der Waals surface area contributed by atoms with Crippen molar-refractivity contribution in [3.8, 4) is 0 Å². The average Bonchev–Trinajstić information content (AvgIpc) is 1.96. The van der Waals surface area contributed by atoms with Gasteiger partial charge in [-0.3, -0.25) is 0 Å². The lowest BCUT2D eigenvalue weighted by Crippen LogP contribution is -2.49. The maximum Gasteiger partial charge on any atom is 0.226 e. The molecule has 1 saturated heterocycles. The maximum absolute atomic E-state index is 11.5. The Bertz CT molecular complexity index is 429. The van der Waals surface area contributed by atoms with Gasteiger partial charge >= 0.3 is 0 Å². The second-order valence-electron chi connectivity index (χ2n) is 4.47. The van der Waals surface area contributed by atoms with Crippen LogP contribution in [0.1, 0.15) is 13.3 Å². The Hall–Kier alpha value is -0.180. The molecular formula is C8H18N2O4S2. The lowest BCUT2D eigenvalue weighted by molar-refractivity contribution is 0.346. The highest BCUT2D eigenvalue weighted by Gasteiger charge is 2.25. The highest BCUT2D eigenvalue weighted by Crippen LogP contribution is 2.10. The number of hydrogen-bond acceptors (Lipinski definition) is 5. The van der Waals surface area contributed by atoms with Crippen molar-refractivity contribution in [3.05, 3.63) is 0 Å². The Morgan fingerprint density at radius 2 is 1.88 bits per heavy atom. The number of sulfone groups is 1. The summed E-state index contributed by atoms with van der Waals surface area (Å²) in [5.74, 6) is 0.389. The number of piperidine rings is 1. The van der Waals surface area contributed by atoms with Gasteiger partial charge in [-0.1, -0.05) is 6.92 Å². The number of nitrogens with one attached hydrogen (secondary N) is 2. The van der Waals surface area contributed by atoms with E-state index in [9.17, 15) is 16.8 Å². The van der Waals surface area contributed by atoms with Gasteiger partial charge in [-0.2, -0.15) is 0 Å². The number of sulfonamides is 1. The third kappa shape index (κ3) is 5.24. The Kier molecular flexibility index (Phi) is 4.33. The van der Waals surface area contributed by atoms with E-state index >= 15 is 0 Å². The van der Waals surface area contributed by atoms with Crippen molar-refractivity contribution in [2.75, 3.05) is 24.4 Å². The van der Waals surface area contributed by atoms with Crippen LogP contribution in [0.3, 0.4) is 0 Å². The summed E-state index contributed by atoms with van der Waals surface area (Å²) >= 11 is 0. The van der Waals surface area contributed by atoms with Crippen molar-refractivity contribution in [2.24, 2.45) is 5.92 Å². The molecule has 8 heteroatoms. The van der Waals surface area contributed by atoms with Crippen molar-refractivity contribution < 1.29 is 16.8 Å². The molecule has 2 unspecified atom stereocenters. The second kappa shape index (κ2) is 4.99. The first-order valence-corrected chi connectivity index (χ1v) is 8.78. The van der Waals surface area contributed by atoms with E-state index in [4.69, 9.17) is 0 Å². The van der Waals surface area contributed by atoms with Gasteiger partial charge in [0.2, 0.25) is 10.0 Å². The minimum absolute atomic E-state index is 0.213. The summed E-state index contributed by atoms with van der Waals surface area (Å²) in [6.07, 6.45) is 1.64.